The molecule has 0 aliphatic heterocycles. The van der Waals surface area contributed by atoms with Crippen molar-refractivity contribution in [2.24, 2.45) is 0 Å². The summed E-state index contributed by atoms with van der Waals surface area (Å²) in [5, 5.41) is 9.31. The molecule has 0 atom stereocenters. The molecule has 6 heteroatoms. The van der Waals surface area contributed by atoms with E-state index in [1.165, 1.54) is 6.07 Å². The molecule has 5 nitrogen and oxygen atoms in total. The molecule has 18 heavy (non-hydrogen) atoms. The zero-order valence-corrected chi connectivity index (χ0v) is 11.1. The minimum atomic E-state index is -3.60. The maximum atomic E-state index is 12.3. The maximum absolute atomic E-state index is 12.3. The molecule has 1 aliphatic rings. The molecular weight excluding hydrogens is 252 g/mol. The van der Waals surface area contributed by atoms with E-state index in [0.29, 0.717) is 24.1 Å². The Labute approximate surface area is 107 Å². The average Bonchev–Trinajstić information content (AvgIpc) is 2.23. The Morgan fingerprint density at radius 3 is 2.56 bits per heavy atom. The molecule has 0 heterocycles. The highest BCUT2D eigenvalue weighted by Gasteiger charge is 2.40. The second kappa shape index (κ2) is 4.53. The summed E-state index contributed by atoms with van der Waals surface area (Å²) in [6.45, 7) is 1.54. The van der Waals surface area contributed by atoms with Gasteiger partial charge in [-0.1, -0.05) is 0 Å². The lowest BCUT2D eigenvalue weighted by Crippen LogP contribution is -2.56. The van der Waals surface area contributed by atoms with E-state index in [1.54, 1.807) is 19.1 Å². The zero-order valence-electron chi connectivity index (χ0n) is 10.3. The number of nitrogens with one attached hydrogen (secondary N) is 1. The lowest BCUT2D eigenvalue weighted by Gasteiger charge is -2.40. The van der Waals surface area contributed by atoms with E-state index in [-0.39, 0.29) is 11.5 Å². The number of hydrogen-bond acceptors (Lipinski definition) is 4. The Balaban J connectivity index is 2.31. The van der Waals surface area contributed by atoms with Crippen molar-refractivity contribution in [1.82, 2.24) is 4.72 Å². The molecule has 0 saturated heterocycles. The van der Waals surface area contributed by atoms with Gasteiger partial charge in [-0.2, -0.15) is 0 Å². The van der Waals surface area contributed by atoms with Gasteiger partial charge in [0.05, 0.1) is 17.0 Å². The van der Waals surface area contributed by atoms with Crippen LogP contribution in [0.25, 0.3) is 0 Å². The third-order valence-corrected chi connectivity index (χ3v) is 5.19. The van der Waals surface area contributed by atoms with Crippen molar-refractivity contribution in [3.63, 3.8) is 0 Å². The number of aliphatic hydroxyl groups excluding tert-OH is 1. The number of aryl methyl sites for hydroxylation is 1. The Morgan fingerprint density at radius 1 is 1.44 bits per heavy atom. The van der Waals surface area contributed by atoms with Crippen LogP contribution in [0.1, 0.15) is 24.8 Å². The highest BCUT2D eigenvalue weighted by atomic mass is 32.2. The molecule has 100 valence electrons. The monoisotopic (exact) mass is 270 g/mol. The quantitative estimate of drug-likeness (QED) is 0.705. The van der Waals surface area contributed by atoms with Gasteiger partial charge in [0, 0.05) is 5.69 Å². The van der Waals surface area contributed by atoms with Gasteiger partial charge in [0.15, 0.2) is 0 Å². The lowest BCUT2D eigenvalue weighted by atomic mass is 9.78. The molecule has 1 aliphatic carbocycles. The fourth-order valence-corrected chi connectivity index (χ4v) is 3.89. The summed E-state index contributed by atoms with van der Waals surface area (Å²) in [6.07, 6.45) is 2.29. The van der Waals surface area contributed by atoms with Crippen LogP contribution in [-0.2, 0) is 10.0 Å². The molecule has 0 spiro atoms. The van der Waals surface area contributed by atoms with Gasteiger partial charge < -0.3 is 10.8 Å². The number of anilines is 1. The molecule has 1 fully saturated rings. The predicted molar refractivity (Wildman–Crippen MR) is 69.6 cm³/mol. The van der Waals surface area contributed by atoms with Crippen LogP contribution in [0.3, 0.4) is 0 Å². The first kappa shape index (κ1) is 13.3. The normalized spacial score (nSPS) is 18.3. The van der Waals surface area contributed by atoms with Crippen molar-refractivity contribution in [2.75, 3.05) is 12.3 Å². The number of benzene rings is 1. The van der Waals surface area contributed by atoms with Crippen LogP contribution in [0.2, 0.25) is 0 Å². The molecule has 1 aromatic carbocycles. The second-order valence-corrected chi connectivity index (χ2v) is 6.57. The van der Waals surface area contributed by atoms with Crippen molar-refractivity contribution < 1.29 is 13.5 Å². The summed E-state index contributed by atoms with van der Waals surface area (Å²) in [5.74, 6) is 0. The molecule has 1 aromatic rings. The van der Waals surface area contributed by atoms with Gasteiger partial charge in [0.25, 0.3) is 0 Å². The van der Waals surface area contributed by atoms with Gasteiger partial charge in [0.1, 0.15) is 0 Å². The van der Waals surface area contributed by atoms with E-state index in [0.717, 1.165) is 6.42 Å². The van der Waals surface area contributed by atoms with E-state index >= 15 is 0 Å². The largest absolute Gasteiger partial charge is 0.399 e. The van der Waals surface area contributed by atoms with Crippen molar-refractivity contribution in [2.45, 2.75) is 36.6 Å². The standard InChI is InChI=1S/C12H18N2O3S/c1-9-7-10(13)3-4-11(9)18(16,17)14-12(8-15)5-2-6-12/h3-4,7,14-15H,2,5-6,8,13H2,1H3. The molecule has 0 bridgehead atoms. The molecular formula is C12H18N2O3S. The second-order valence-electron chi connectivity index (χ2n) is 4.92. The van der Waals surface area contributed by atoms with Crippen LogP contribution in [0.15, 0.2) is 23.1 Å². The minimum Gasteiger partial charge on any atom is -0.399 e. The summed E-state index contributed by atoms with van der Waals surface area (Å²) in [4.78, 5) is 0.219. The Morgan fingerprint density at radius 2 is 2.11 bits per heavy atom. The van der Waals surface area contributed by atoms with E-state index in [2.05, 4.69) is 4.72 Å². The number of sulfonamides is 1. The topological polar surface area (TPSA) is 92.4 Å². The highest BCUT2D eigenvalue weighted by molar-refractivity contribution is 7.89. The van der Waals surface area contributed by atoms with Crippen LogP contribution < -0.4 is 10.5 Å². The molecule has 0 unspecified atom stereocenters. The number of hydrogen-bond donors (Lipinski definition) is 3. The Kier molecular flexibility index (Phi) is 3.35. The first-order chi connectivity index (χ1) is 8.38. The Bertz CT molecular complexity index is 545. The molecule has 0 aromatic heterocycles. The fraction of sp³-hybridized carbons (Fsp3) is 0.500. The summed E-state index contributed by atoms with van der Waals surface area (Å²) in [7, 11) is -3.60. The van der Waals surface area contributed by atoms with E-state index in [4.69, 9.17) is 5.73 Å². The zero-order chi connectivity index (χ0) is 13.4. The van der Waals surface area contributed by atoms with Crippen molar-refractivity contribution in [3.05, 3.63) is 23.8 Å². The summed E-state index contributed by atoms with van der Waals surface area (Å²) in [6, 6.07) is 4.69. The van der Waals surface area contributed by atoms with E-state index < -0.39 is 15.6 Å². The highest BCUT2D eigenvalue weighted by Crippen LogP contribution is 2.33. The van der Waals surface area contributed by atoms with Crippen LogP contribution >= 0.6 is 0 Å². The number of nitrogen functional groups attached to an aromatic ring is 1. The SMILES string of the molecule is Cc1cc(N)ccc1S(=O)(=O)NC1(CO)CCC1. The maximum Gasteiger partial charge on any atom is 0.241 e. The minimum absolute atomic E-state index is 0.166. The first-order valence-corrected chi connectivity index (χ1v) is 7.38. The van der Waals surface area contributed by atoms with Crippen LogP contribution in [0.5, 0.6) is 0 Å². The van der Waals surface area contributed by atoms with Crippen molar-refractivity contribution in [3.8, 4) is 0 Å². The summed E-state index contributed by atoms with van der Waals surface area (Å²) in [5.41, 5.74) is 6.07. The third-order valence-electron chi connectivity index (χ3n) is 3.45. The van der Waals surface area contributed by atoms with Gasteiger partial charge in [-0.3, -0.25) is 0 Å². The molecule has 1 saturated carbocycles. The van der Waals surface area contributed by atoms with Gasteiger partial charge in [0.2, 0.25) is 10.0 Å². The number of rotatable bonds is 4. The van der Waals surface area contributed by atoms with Gasteiger partial charge in [-0.05, 0) is 49.9 Å². The van der Waals surface area contributed by atoms with Crippen LogP contribution in [-0.4, -0.2) is 25.7 Å². The van der Waals surface area contributed by atoms with Crippen LogP contribution in [0.4, 0.5) is 5.69 Å². The van der Waals surface area contributed by atoms with Crippen molar-refractivity contribution in [1.29, 1.82) is 0 Å². The lowest BCUT2D eigenvalue weighted by molar-refractivity contribution is 0.110. The predicted octanol–water partition coefficient (Wildman–Crippen LogP) is 0.771. The number of nitrogens with two attached hydrogens (primary N) is 1. The van der Waals surface area contributed by atoms with Crippen LogP contribution in [0, 0.1) is 6.92 Å². The van der Waals surface area contributed by atoms with Gasteiger partial charge in [-0.15, -0.1) is 0 Å². The van der Waals surface area contributed by atoms with E-state index in [1.807, 2.05) is 0 Å². The molecule has 2 rings (SSSR count). The fourth-order valence-electron chi connectivity index (χ4n) is 2.21. The number of aliphatic hydroxyl groups is 1. The summed E-state index contributed by atoms with van der Waals surface area (Å²) < 4.78 is 27.2. The molecule has 0 radical (unpaired) electrons. The summed E-state index contributed by atoms with van der Waals surface area (Å²) >= 11 is 0. The smallest absolute Gasteiger partial charge is 0.241 e. The van der Waals surface area contributed by atoms with Gasteiger partial charge in [-0.25, -0.2) is 13.1 Å². The van der Waals surface area contributed by atoms with E-state index in [9.17, 15) is 13.5 Å². The molecule has 4 N–H and O–H groups in total. The Hall–Kier alpha value is -1.11. The van der Waals surface area contributed by atoms with Gasteiger partial charge >= 0.3 is 0 Å². The van der Waals surface area contributed by atoms with Crippen molar-refractivity contribution >= 4 is 15.7 Å². The third kappa shape index (κ3) is 2.36. The molecule has 0 amide bonds. The average molecular weight is 270 g/mol. The first-order valence-electron chi connectivity index (χ1n) is 5.90.